The number of carbonyl (C=O) groups excluding carboxylic acids is 1. The van der Waals surface area contributed by atoms with Gasteiger partial charge in [-0.3, -0.25) is 10.1 Å². The highest BCUT2D eigenvalue weighted by Gasteiger charge is 2.18. The van der Waals surface area contributed by atoms with Crippen LogP contribution >= 0.6 is 35.2 Å². The number of anilines is 1. The SMILES string of the molecule is O=C(NC(=S)Nc1ccccc1OCCOc1ccccc1)c1sc2ccccc2c1Cl. The average molecular weight is 483 g/mol. The molecule has 0 saturated heterocycles. The third kappa shape index (κ3) is 5.37. The van der Waals surface area contributed by atoms with Crippen LogP contribution in [0.15, 0.2) is 78.9 Å². The summed E-state index contributed by atoms with van der Waals surface area (Å²) in [5.41, 5.74) is 0.639. The van der Waals surface area contributed by atoms with E-state index in [0.29, 0.717) is 34.6 Å². The number of nitrogens with one attached hydrogen (secondary N) is 2. The largest absolute Gasteiger partial charge is 0.490 e. The molecule has 0 saturated carbocycles. The van der Waals surface area contributed by atoms with E-state index in [1.807, 2.05) is 78.9 Å². The molecule has 8 heteroatoms. The van der Waals surface area contributed by atoms with E-state index >= 15 is 0 Å². The van der Waals surface area contributed by atoms with Gasteiger partial charge in [-0.05, 0) is 42.5 Å². The van der Waals surface area contributed by atoms with E-state index < -0.39 is 0 Å². The van der Waals surface area contributed by atoms with Gasteiger partial charge in [0.05, 0.1) is 10.7 Å². The van der Waals surface area contributed by atoms with Gasteiger partial charge in [0.15, 0.2) is 5.11 Å². The summed E-state index contributed by atoms with van der Waals surface area (Å²) in [6.07, 6.45) is 0. The van der Waals surface area contributed by atoms with Gasteiger partial charge < -0.3 is 14.8 Å². The second kappa shape index (κ2) is 10.5. The molecule has 4 rings (SSSR count). The van der Waals surface area contributed by atoms with Crippen molar-refractivity contribution in [3.63, 3.8) is 0 Å². The van der Waals surface area contributed by atoms with Gasteiger partial charge in [0.25, 0.3) is 5.91 Å². The van der Waals surface area contributed by atoms with Crippen LogP contribution in [-0.2, 0) is 0 Å². The van der Waals surface area contributed by atoms with Crippen molar-refractivity contribution in [2.75, 3.05) is 18.5 Å². The molecule has 0 unspecified atom stereocenters. The zero-order valence-corrected chi connectivity index (χ0v) is 19.2. The third-order valence-electron chi connectivity index (χ3n) is 4.46. The van der Waals surface area contributed by atoms with Crippen molar-refractivity contribution in [1.29, 1.82) is 0 Å². The Hall–Kier alpha value is -3.13. The third-order valence-corrected chi connectivity index (χ3v) is 6.33. The smallest absolute Gasteiger partial charge is 0.269 e. The van der Waals surface area contributed by atoms with Crippen LogP contribution in [0.5, 0.6) is 11.5 Å². The van der Waals surface area contributed by atoms with Crippen LogP contribution in [0.4, 0.5) is 5.69 Å². The first-order valence-corrected chi connectivity index (χ1v) is 11.4. The summed E-state index contributed by atoms with van der Waals surface area (Å²) in [6, 6.07) is 24.5. The molecule has 4 aromatic rings. The molecule has 5 nitrogen and oxygen atoms in total. The summed E-state index contributed by atoms with van der Waals surface area (Å²) in [5, 5.41) is 7.13. The average Bonchev–Trinajstić information content (AvgIpc) is 3.15. The summed E-state index contributed by atoms with van der Waals surface area (Å²) in [4.78, 5) is 13.1. The van der Waals surface area contributed by atoms with Gasteiger partial charge in [-0.15, -0.1) is 11.3 Å². The first-order chi connectivity index (χ1) is 15.6. The molecular formula is C24H19ClN2O3S2. The lowest BCUT2D eigenvalue weighted by Gasteiger charge is -2.14. The maximum Gasteiger partial charge on any atom is 0.269 e. The number of thiophene rings is 1. The molecule has 0 bridgehead atoms. The number of carbonyl (C=O) groups is 1. The topological polar surface area (TPSA) is 59.6 Å². The molecule has 32 heavy (non-hydrogen) atoms. The van der Waals surface area contributed by atoms with Crippen molar-refractivity contribution in [3.8, 4) is 11.5 Å². The quantitative estimate of drug-likeness (QED) is 0.245. The van der Waals surface area contributed by atoms with Gasteiger partial charge >= 0.3 is 0 Å². The first kappa shape index (κ1) is 22.1. The Bertz CT molecular complexity index is 1240. The van der Waals surface area contributed by atoms with Crippen LogP contribution in [-0.4, -0.2) is 24.2 Å². The number of rotatable bonds is 7. The molecular weight excluding hydrogens is 464 g/mol. The van der Waals surface area contributed by atoms with Crippen LogP contribution in [0.1, 0.15) is 9.67 Å². The van der Waals surface area contributed by atoms with E-state index in [1.54, 1.807) is 0 Å². The lowest BCUT2D eigenvalue weighted by molar-refractivity contribution is 0.0982. The van der Waals surface area contributed by atoms with E-state index in [-0.39, 0.29) is 11.0 Å². The van der Waals surface area contributed by atoms with Gasteiger partial charge in [0, 0.05) is 10.1 Å². The molecule has 162 valence electrons. The maximum absolute atomic E-state index is 12.7. The van der Waals surface area contributed by atoms with Crippen LogP contribution in [0.2, 0.25) is 5.02 Å². The highest BCUT2D eigenvalue weighted by molar-refractivity contribution is 7.80. The number of halogens is 1. The second-order valence-electron chi connectivity index (χ2n) is 6.66. The van der Waals surface area contributed by atoms with E-state index in [0.717, 1.165) is 15.8 Å². The molecule has 0 fully saturated rings. The Kier molecular flexibility index (Phi) is 7.21. The number of hydrogen-bond acceptors (Lipinski definition) is 5. The molecule has 0 aliphatic carbocycles. The molecule has 0 radical (unpaired) electrons. The van der Waals surface area contributed by atoms with Crippen LogP contribution in [0, 0.1) is 0 Å². The molecule has 1 amide bonds. The van der Waals surface area contributed by atoms with Gasteiger partial charge in [-0.25, -0.2) is 0 Å². The zero-order valence-electron chi connectivity index (χ0n) is 16.8. The minimum Gasteiger partial charge on any atom is -0.490 e. The maximum atomic E-state index is 12.7. The van der Waals surface area contributed by atoms with E-state index in [4.69, 9.17) is 33.3 Å². The number of hydrogen-bond donors (Lipinski definition) is 2. The lowest BCUT2D eigenvalue weighted by atomic mass is 10.2. The highest BCUT2D eigenvalue weighted by atomic mass is 35.5. The van der Waals surface area contributed by atoms with Gasteiger partial charge in [-0.1, -0.05) is 60.1 Å². The Morgan fingerprint density at radius 2 is 1.59 bits per heavy atom. The van der Waals surface area contributed by atoms with Crippen LogP contribution in [0.3, 0.4) is 0 Å². The molecule has 1 heterocycles. The zero-order chi connectivity index (χ0) is 22.3. The molecule has 0 atom stereocenters. The lowest BCUT2D eigenvalue weighted by Crippen LogP contribution is -2.34. The van der Waals surface area contributed by atoms with E-state index in [2.05, 4.69) is 10.6 Å². The van der Waals surface area contributed by atoms with E-state index in [1.165, 1.54) is 11.3 Å². The van der Waals surface area contributed by atoms with Crippen molar-refractivity contribution in [2.45, 2.75) is 0 Å². The van der Waals surface area contributed by atoms with Gasteiger partial charge in [0.2, 0.25) is 0 Å². The Morgan fingerprint density at radius 3 is 2.41 bits per heavy atom. The number of benzene rings is 3. The minimum absolute atomic E-state index is 0.153. The summed E-state index contributed by atoms with van der Waals surface area (Å²) in [5.74, 6) is 1.02. The predicted molar refractivity (Wildman–Crippen MR) is 134 cm³/mol. The summed E-state index contributed by atoms with van der Waals surface area (Å²) < 4.78 is 12.4. The number of ether oxygens (including phenoxy) is 2. The number of para-hydroxylation sites is 3. The van der Waals surface area contributed by atoms with Crippen LogP contribution < -0.4 is 20.1 Å². The molecule has 0 spiro atoms. The van der Waals surface area contributed by atoms with Crippen molar-refractivity contribution in [3.05, 3.63) is 88.8 Å². The van der Waals surface area contributed by atoms with Gasteiger partial charge in [-0.2, -0.15) is 0 Å². The normalized spacial score (nSPS) is 10.5. The van der Waals surface area contributed by atoms with Crippen LogP contribution in [0.25, 0.3) is 10.1 Å². The summed E-state index contributed by atoms with van der Waals surface area (Å²) in [6.45, 7) is 0.744. The Balaban J connectivity index is 1.34. The molecule has 3 aromatic carbocycles. The Morgan fingerprint density at radius 1 is 0.906 bits per heavy atom. The van der Waals surface area contributed by atoms with Crippen molar-refractivity contribution < 1.29 is 14.3 Å². The predicted octanol–water partition coefficient (Wildman–Crippen LogP) is 6.14. The summed E-state index contributed by atoms with van der Waals surface area (Å²) >= 11 is 13.0. The van der Waals surface area contributed by atoms with Crippen molar-refractivity contribution in [1.82, 2.24) is 5.32 Å². The highest BCUT2D eigenvalue weighted by Crippen LogP contribution is 2.35. The van der Waals surface area contributed by atoms with Gasteiger partial charge in [0.1, 0.15) is 29.6 Å². The van der Waals surface area contributed by atoms with E-state index in [9.17, 15) is 4.79 Å². The second-order valence-corrected chi connectivity index (χ2v) is 8.49. The molecule has 0 aliphatic heterocycles. The fourth-order valence-corrected chi connectivity index (χ4v) is 4.61. The molecule has 0 aliphatic rings. The summed E-state index contributed by atoms with van der Waals surface area (Å²) in [7, 11) is 0. The fraction of sp³-hybridized carbons (Fsp3) is 0.0833. The standard InChI is InChI=1S/C24H19ClN2O3S2/c25-21-17-10-4-7-13-20(17)32-22(21)23(28)27-24(31)26-18-11-5-6-12-19(18)30-15-14-29-16-8-2-1-3-9-16/h1-13H,14-15H2,(H2,26,27,28,31). The molecule has 1 aromatic heterocycles. The monoisotopic (exact) mass is 482 g/mol. The van der Waals surface area contributed by atoms with Crippen molar-refractivity contribution >= 4 is 61.9 Å². The van der Waals surface area contributed by atoms with Crippen molar-refractivity contribution in [2.24, 2.45) is 0 Å². The number of amides is 1. The molecule has 2 N–H and O–H groups in total. The number of thiocarbonyl (C=S) groups is 1. The Labute approximate surface area is 199 Å². The number of fused-ring (bicyclic) bond motifs is 1. The minimum atomic E-state index is -0.358. The first-order valence-electron chi connectivity index (χ1n) is 9.81. The fourth-order valence-electron chi connectivity index (χ4n) is 3.00.